The van der Waals surface area contributed by atoms with Crippen LogP contribution in [-0.2, 0) is 4.79 Å². The second-order valence-corrected chi connectivity index (χ2v) is 6.97. The molecule has 0 radical (unpaired) electrons. The van der Waals surface area contributed by atoms with Crippen molar-refractivity contribution in [2.24, 2.45) is 0 Å². The molecule has 0 unspecified atom stereocenters. The lowest BCUT2D eigenvalue weighted by Crippen LogP contribution is -2.24. The number of amides is 1. The molecule has 6 nitrogen and oxygen atoms in total. The number of carbonyl (C=O) groups is 2. The molecule has 0 saturated heterocycles. The molecule has 6 heteroatoms. The van der Waals surface area contributed by atoms with Gasteiger partial charge < -0.3 is 14.1 Å². The molecule has 1 amide bonds. The third kappa shape index (κ3) is 3.51. The maximum atomic E-state index is 13.3. The number of rotatable bonds is 5. The maximum absolute atomic E-state index is 13.3. The minimum absolute atomic E-state index is 0.322. The first-order valence-corrected chi connectivity index (χ1v) is 9.72. The second kappa shape index (κ2) is 7.76. The SMILES string of the molecule is O=C(Nc1cccc(-c2ncco2)c1)C(=O)c1c(-c2ccccc2)cc2ccccn12. The average Bonchev–Trinajstić information content (AvgIpc) is 3.48. The highest BCUT2D eigenvalue weighted by molar-refractivity contribution is 6.47. The Morgan fingerprint density at radius 1 is 0.871 bits per heavy atom. The van der Waals surface area contributed by atoms with Crippen molar-refractivity contribution in [2.45, 2.75) is 0 Å². The van der Waals surface area contributed by atoms with Gasteiger partial charge in [0.2, 0.25) is 5.89 Å². The number of hydrogen-bond donors (Lipinski definition) is 1. The summed E-state index contributed by atoms with van der Waals surface area (Å²) < 4.78 is 7.05. The van der Waals surface area contributed by atoms with Gasteiger partial charge in [-0.1, -0.05) is 42.5 Å². The summed E-state index contributed by atoms with van der Waals surface area (Å²) in [7, 11) is 0. The molecule has 0 aliphatic heterocycles. The predicted molar refractivity (Wildman–Crippen MR) is 118 cm³/mol. The average molecular weight is 407 g/mol. The van der Waals surface area contributed by atoms with Crippen LogP contribution in [-0.4, -0.2) is 21.1 Å². The van der Waals surface area contributed by atoms with Crippen molar-refractivity contribution in [3.63, 3.8) is 0 Å². The molecular formula is C25H17N3O3. The number of benzene rings is 2. The summed E-state index contributed by atoms with van der Waals surface area (Å²) in [5.74, 6) is -0.899. The zero-order valence-corrected chi connectivity index (χ0v) is 16.4. The van der Waals surface area contributed by atoms with Crippen LogP contribution in [0.25, 0.3) is 28.1 Å². The summed E-state index contributed by atoms with van der Waals surface area (Å²) in [6.45, 7) is 0. The Morgan fingerprint density at radius 3 is 2.48 bits per heavy atom. The highest BCUT2D eigenvalue weighted by Crippen LogP contribution is 2.28. The van der Waals surface area contributed by atoms with Gasteiger partial charge in [0, 0.05) is 28.5 Å². The Hall–Kier alpha value is -4.45. The molecule has 3 heterocycles. The lowest BCUT2D eigenvalue weighted by atomic mass is 10.0. The Labute approximate surface area is 177 Å². The van der Waals surface area contributed by atoms with Gasteiger partial charge in [-0.3, -0.25) is 9.59 Å². The van der Waals surface area contributed by atoms with Crippen LogP contribution >= 0.6 is 0 Å². The molecular weight excluding hydrogens is 390 g/mol. The molecule has 0 fully saturated rings. The Bertz CT molecular complexity index is 1390. The van der Waals surface area contributed by atoms with E-state index in [4.69, 9.17) is 4.42 Å². The highest BCUT2D eigenvalue weighted by atomic mass is 16.3. The minimum atomic E-state index is -0.717. The summed E-state index contributed by atoms with van der Waals surface area (Å²) >= 11 is 0. The van der Waals surface area contributed by atoms with Crippen molar-refractivity contribution in [3.8, 4) is 22.6 Å². The summed E-state index contributed by atoms with van der Waals surface area (Å²) in [5, 5.41) is 2.70. The Morgan fingerprint density at radius 2 is 1.68 bits per heavy atom. The number of Topliss-reactive ketones (excluding diaryl/α,β-unsaturated/α-hetero) is 1. The first kappa shape index (κ1) is 18.6. The van der Waals surface area contributed by atoms with Crippen molar-refractivity contribution in [1.82, 2.24) is 9.38 Å². The maximum Gasteiger partial charge on any atom is 0.298 e. The third-order valence-electron chi connectivity index (χ3n) is 4.99. The molecule has 3 aromatic heterocycles. The monoisotopic (exact) mass is 407 g/mol. The highest BCUT2D eigenvalue weighted by Gasteiger charge is 2.25. The number of fused-ring (bicyclic) bond motifs is 1. The fourth-order valence-corrected chi connectivity index (χ4v) is 3.58. The smallest absolute Gasteiger partial charge is 0.298 e. The van der Waals surface area contributed by atoms with E-state index < -0.39 is 11.7 Å². The number of hydrogen-bond acceptors (Lipinski definition) is 4. The van der Waals surface area contributed by atoms with E-state index in [9.17, 15) is 9.59 Å². The predicted octanol–water partition coefficient (Wildman–Crippen LogP) is 5.08. The van der Waals surface area contributed by atoms with Gasteiger partial charge in [-0.2, -0.15) is 0 Å². The molecule has 1 N–H and O–H groups in total. The number of nitrogens with one attached hydrogen (secondary N) is 1. The summed E-state index contributed by atoms with van der Waals surface area (Å²) in [6, 6.07) is 24.1. The lowest BCUT2D eigenvalue weighted by molar-refractivity contribution is -0.112. The molecule has 0 saturated carbocycles. The van der Waals surface area contributed by atoms with Crippen molar-refractivity contribution < 1.29 is 14.0 Å². The number of carbonyl (C=O) groups excluding carboxylic acids is 2. The molecule has 0 spiro atoms. The van der Waals surface area contributed by atoms with Crippen LogP contribution in [0.15, 0.2) is 102 Å². The van der Waals surface area contributed by atoms with Crippen LogP contribution in [0.2, 0.25) is 0 Å². The van der Waals surface area contributed by atoms with Crippen LogP contribution in [0.4, 0.5) is 5.69 Å². The summed E-state index contributed by atoms with van der Waals surface area (Å²) in [4.78, 5) is 30.3. The van der Waals surface area contributed by atoms with Crippen LogP contribution < -0.4 is 5.32 Å². The van der Waals surface area contributed by atoms with E-state index in [1.165, 1.54) is 6.26 Å². The number of pyridine rings is 1. The van der Waals surface area contributed by atoms with Crippen molar-refractivity contribution in [2.75, 3.05) is 5.32 Å². The van der Waals surface area contributed by atoms with Gasteiger partial charge in [0.15, 0.2) is 0 Å². The number of nitrogens with zero attached hydrogens (tertiary/aromatic N) is 2. The molecule has 5 aromatic rings. The molecule has 2 aromatic carbocycles. The van der Waals surface area contributed by atoms with E-state index >= 15 is 0 Å². The van der Waals surface area contributed by atoms with E-state index in [2.05, 4.69) is 10.3 Å². The third-order valence-corrected chi connectivity index (χ3v) is 4.99. The molecule has 0 atom stereocenters. The van der Waals surface area contributed by atoms with E-state index in [1.54, 1.807) is 35.0 Å². The number of anilines is 1. The van der Waals surface area contributed by atoms with E-state index in [0.717, 1.165) is 11.1 Å². The van der Waals surface area contributed by atoms with Crippen LogP contribution in [0, 0.1) is 0 Å². The number of aromatic nitrogens is 2. The number of oxazole rings is 1. The number of ketones is 1. The van der Waals surface area contributed by atoms with E-state index in [-0.39, 0.29) is 0 Å². The second-order valence-electron chi connectivity index (χ2n) is 6.97. The Balaban J connectivity index is 1.51. The van der Waals surface area contributed by atoms with E-state index in [1.807, 2.05) is 60.7 Å². The van der Waals surface area contributed by atoms with Gasteiger partial charge >= 0.3 is 0 Å². The Kier molecular flexibility index (Phi) is 4.65. The van der Waals surface area contributed by atoms with Gasteiger partial charge in [0.05, 0.1) is 6.20 Å². The topological polar surface area (TPSA) is 76.6 Å². The zero-order valence-electron chi connectivity index (χ0n) is 16.4. The molecule has 0 aliphatic rings. The summed E-state index contributed by atoms with van der Waals surface area (Å²) in [6.07, 6.45) is 4.81. The van der Waals surface area contributed by atoms with Crippen molar-refractivity contribution in [3.05, 3.63) is 103 Å². The zero-order chi connectivity index (χ0) is 21.2. The fraction of sp³-hybridized carbons (Fsp3) is 0. The minimum Gasteiger partial charge on any atom is -0.445 e. The molecule has 0 aliphatic carbocycles. The van der Waals surface area contributed by atoms with Crippen LogP contribution in [0.3, 0.4) is 0 Å². The molecule has 5 rings (SSSR count). The van der Waals surface area contributed by atoms with Gasteiger partial charge in [-0.15, -0.1) is 0 Å². The van der Waals surface area contributed by atoms with Gasteiger partial charge in [0.1, 0.15) is 12.0 Å². The van der Waals surface area contributed by atoms with Crippen molar-refractivity contribution >= 4 is 22.9 Å². The molecule has 150 valence electrons. The molecule has 31 heavy (non-hydrogen) atoms. The fourth-order valence-electron chi connectivity index (χ4n) is 3.58. The normalized spacial score (nSPS) is 10.8. The standard InChI is InChI=1S/C25H17N3O3/c29-23(24(30)27-19-10-6-9-18(15-19)25-26-12-14-31-25)22-21(17-7-2-1-3-8-17)16-20-11-4-5-13-28(20)22/h1-16H,(H,27,30). The molecule has 0 bridgehead atoms. The first-order chi connectivity index (χ1) is 15.2. The van der Waals surface area contributed by atoms with Gasteiger partial charge in [0.25, 0.3) is 11.7 Å². The van der Waals surface area contributed by atoms with Crippen molar-refractivity contribution in [1.29, 1.82) is 0 Å². The van der Waals surface area contributed by atoms with Crippen LogP contribution in [0.5, 0.6) is 0 Å². The van der Waals surface area contributed by atoms with Gasteiger partial charge in [-0.25, -0.2) is 4.98 Å². The van der Waals surface area contributed by atoms with E-state index in [0.29, 0.717) is 28.4 Å². The first-order valence-electron chi connectivity index (χ1n) is 9.72. The summed E-state index contributed by atoms with van der Waals surface area (Å²) in [5.41, 5.74) is 3.92. The van der Waals surface area contributed by atoms with Crippen LogP contribution in [0.1, 0.15) is 10.5 Å². The lowest BCUT2D eigenvalue weighted by Gasteiger charge is -2.08. The largest absolute Gasteiger partial charge is 0.445 e. The quantitative estimate of drug-likeness (QED) is 0.325. The van der Waals surface area contributed by atoms with Gasteiger partial charge in [-0.05, 0) is 42.0 Å².